The van der Waals surface area contributed by atoms with Crippen molar-refractivity contribution in [3.8, 4) is 0 Å². The molecule has 0 aromatic carbocycles. The molecule has 0 N–H and O–H groups in total. The maximum Gasteiger partial charge on any atom is 4.00 e. The van der Waals surface area contributed by atoms with Gasteiger partial charge in [0.05, 0.1) is 26.4 Å². The smallest absolute Gasteiger partial charge is 0.488 e. The summed E-state index contributed by atoms with van der Waals surface area (Å²) in [5, 5.41) is 0. The minimum atomic E-state index is -0.565. The van der Waals surface area contributed by atoms with Crippen molar-refractivity contribution in [2.75, 3.05) is 26.4 Å². The van der Waals surface area contributed by atoms with Gasteiger partial charge in [0.2, 0.25) is 0 Å². The van der Waals surface area contributed by atoms with Crippen LogP contribution in [0.2, 0.25) is 0 Å². The second-order valence-corrected chi connectivity index (χ2v) is 6.03. The van der Waals surface area contributed by atoms with Crippen molar-refractivity contribution in [1.29, 1.82) is 0 Å². The number of ketones is 4. The first-order chi connectivity index (χ1) is 16.7. The van der Waals surface area contributed by atoms with Gasteiger partial charge in [0.15, 0.2) is 23.9 Å². The molecule has 0 aromatic rings. The van der Waals surface area contributed by atoms with Gasteiger partial charge in [-0.25, -0.2) is 25.7 Å². The van der Waals surface area contributed by atoms with E-state index in [2.05, 4.69) is 18.9 Å². The Balaban J connectivity index is -0.000000122. The molecule has 0 aromatic heterocycles. The Morgan fingerprint density at radius 1 is 0.405 bits per heavy atom. The molecular formula is C24H36O12Zr. The molecular weight excluding hydrogens is 571 g/mol. The first kappa shape index (κ1) is 44.0. The minimum Gasteiger partial charge on any atom is -0.488 e. The fraction of sp³-hybridized carbons (Fsp3) is 0.500. The Morgan fingerprint density at radius 2 is 0.541 bits per heavy atom. The van der Waals surface area contributed by atoms with Gasteiger partial charge in [-0.05, 0) is 55.4 Å². The van der Waals surface area contributed by atoms with Crippen molar-refractivity contribution < 1.29 is 83.5 Å². The van der Waals surface area contributed by atoms with Crippen LogP contribution in [-0.4, -0.2) is 73.4 Å². The van der Waals surface area contributed by atoms with E-state index >= 15 is 0 Å². The van der Waals surface area contributed by atoms with E-state index < -0.39 is 23.9 Å². The van der Waals surface area contributed by atoms with E-state index in [4.69, 9.17) is 0 Å². The molecule has 0 fully saturated rings. The van der Waals surface area contributed by atoms with Crippen LogP contribution in [0, 0.1) is 25.7 Å². The van der Waals surface area contributed by atoms with Crippen LogP contribution in [0.25, 0.3) is 0 Å². The predicted molar refractivity (Wildman–Crippen MR) is 126 cm³/mol. The SMILES string of the molecule is CCOC(=O)[CH-]C(C)=O.CCOC(=O)[CH-]C(C)=O.CCOC(=O)[CH-]C(C)=O.CCOC(=O)[CH-]C(C)=O.[Zr+4]. The van der Waals surface area contributed by atoms with Crippen molar-refractivity contribution in [3.05, 3.63) is 25.7 Å². The quantitative estimate of drug-likeness (QED) is 0.135. The average molecular weight is 608 g/mol. The maximum absolute atomic E-state index is 10.4. The van der Waals surface area contributed by atoms with Crippen LogP contribution in [0.5, 0.6) is 0 Å². The molecule has 12 nitrogen and oxygen atoms in total. The van der Waals surface area contributed by atoms with Crippen LogP contribution in [-0.2, 0) is 83.5 Å². The van der Waals surface area contributed by atoms with E-state index in [0.29, 0.717) is 26.4 Å². The van der Waals surface area contributed by atoms with Crippen molar-refractivity contribution in [2.24, 2.45) is 0 Å². The predicted octanol–water partition coefficient (Wildman–Crippen LogP) is 1.37. The standard InChI is InChI=1S/4C6H9O3.Zr/c4*1-3-9-6(8)4-5(2)7;/h4*4H,3H2,1-2H3;/q4*-1;+4. The van der Waals surface area contributed by atoms with Crippen LogP contribution in [0.4, 0.5) is 0 Å². The number of carbonyl (C=O) groups excluding carboxylic acids is 8. The zero-order valence-corrected chi connectivity index (χ0v) is 25.0. The number of carbonyl (C=O) groups is 8. The summed E-state index contributed by atoms with van der Waals surface area (Å²) in [6.45, 7) is 13.2. The summed E-state index contributed by atoms with van der Waals surface area (Å²) in [6, 6.07) is 0. The summed E-state index contributed by atoms with van der Waals surface area (Å²) < 4.78 is 17.7. The first-order valence-electron chi connectivity index (χ1n) is 10.7. The largest absolute Gasteiger partial charge is 4.00 e. The molecule has 0 spiro atoms. The van der Waals surface area contributed by atoms with Crippen LogP contribution >= 0.6 is 0 Å². The molecule has 0 atom stereocenters. The van der Waals surface area contributed by atoms with Crippen LogP contribution < -0.4 is 0 Å². The summed E-state index contributed by atoms with van der Waals surface area (Å²) in [6.07, 6.45) is 3.68. The third kappa shape index (κ3) is 50.7. The summed E-state index contributed by atoms with van der Waals surface area (Å²) in [7, 11) is 0. The molecule has 0 radical (unpaired) electrons. The summed E-state index contributed by atoms with van der Waals surface area (Å²) in [5.74, 6) is -3.39. The molecule has 0 aliphatic heterocycles. The molecule has 0 amide bonds. The summed E-state index contributed by atoms with van der Waals surface area (Å²) in [4.78, 5) is 82.1. The Hall–Kier alpha value is -3.08. The molecule has 0 aliphatic carbocycles. The van der Waals surface area contributed by atoms with Crippen molar-refractivity contribution >= 4 is 47.0 Å². The maximum atomic E-state index is 10.4. The molecule has 0 rings (SSSR count). The van der Waals surface area contributed by atoms with Gasteiger partial charge < -0.3 is 38.1 Å². The van der Waals surface area contributed by atoms with E-state index in [9.17, 15) is 38.4 Å². The van der Waals surface area contributed by atoms with E-state index in [1.165, 1.54) is 27.7 Å². The summed E-state index contributed by atoms with van der Waals surface area (Å²) in [5.41, 5.74) is 0. The van der Waals surface area contributed by atoms with E-state index in [1.54, 1.807) is 27.7 Å². The third-order valence-electron chi connectivity index (χ3n) is 2.43. The fourth-order valence-corrected chi connectivity index (χ4v) is 1.40. The molecule has 208 valence electrons. The van der Waals surface area contributed by atoms with Gasteiger partial charge in [0.1, 0.15) is 0 Å². The Labute approximate surface area is 237 Å². The third-order valence-corrected chi connectivity index (χ3v) is 2.43. The second-order valence-electron chi connectivity index (χ2n) is 6.03. The Bertz CT molecular complexity index is 597. The topological polar surface area (TPSA) is 173 Å². The molecule has 0 saturated heterocycles. The van der Waals surface area contributed by atoms with Crippen molar-refractivity contribution in [2.45, 2.75) is 55.4 Å². The molecule has 0 aliphatic rings. The molecule has 0 saturated carbocycles. The van der Waals surface area contributed by atoms with Gasteiger partial charge in [-0.15, -0.1) is 0 Å². The number of hydrogen-bond acceptors (Lipinski definition) is 12. The number of rotatable bonds is 12. The van der Waals surface area contributed by atoms with Gasteiger partial charge in [-0.3, -0.25) is 19.2 Å². The van der Waals surface area contributed by atoms with Gasteiger partial charge in [0.25, 0.3) is 0 Å². The zero-order valence-electron chi connectivity index (χ0n) is 22.5. The van der Waals surface area contributed by atoms with Crippen LogP contribution in [0.3, 0.4) is 0 Å². The monoisotopic (exact) mass is 606 g/mol. The normalized spacial score (nSPS) is 8.00. The molecule has 13 heteroatoms. The number of Topliss-reactive ketones (excluding diaryl/α,β-unsaturated/α-hetero) is 4. The fourth-order valence-electron chi connectivity index (χ4n) is 1.40. The van der Waals surface area contributed by atoms with Crippen LogP contribution in [0.15, 0.2) is 0 Å². The van der Waals surface area contributed by atoms with Gasteiger partial charge >= 0.3 is 26.2 Å². The van der Waals surface area contributed by atoms with Crippen molar-refractivity contribution in [3.63, 3.8) is 0 Å². The van der Waals surface area contributed by atoms with E-state index in [-0.39, 0.29) is 49.3 Å². The average Bonchev–Trinajstić information content (AvgIpc) is 2.68. The number of ether oxygens (including phenoxy) is 4. The summed E-state index contributed by atoms with van der Waals surface area (Å²) >= 11 is 0. The molecule has 0 bridgehead atoms. The number of esters is 4. The number of hydrogen-bond donors (Lipinski definition) is 0. The second kappa shape index (κ2) is 31.0. The Kier molecular flexibility index (Phi) is 36.8. The minimum absolute atomic E-state index is 0. The van der Waals surface area contributed by atoms with E-state index in [1.807, 2.05) is 0 Å². The molecule has 0 heterocycles. The first-order valence-corrected chi connectivity index (χ1v) is 10.7. The van der Waals surface area contributed by atoms with Crippen LogP contribution in [0.1, 0.15) is 55.4 Å². The zero-order chi connectivity index (χ0) is 29.1. The Morgan fingerprint density at radius 3 is 0.622 bits per heavy atom. The molecule has 0 unspecified atom stereocenters. The van der Waals surface area contributed by atoms with Crippen molar-refractivity contribution in [1.82, 2.24) is 0 Å². The van der Waals surface area contributed by atoms with E-state index in [0.717, 1.165) is 25.7 Å². The van der Waals surface area contributed by atoms with Gasteiger partial charge in [0, 0.05) is 23.1 Å². The molecule has 37 heavy (non-hydrogen) atoms. The van der Waals surface area contributed by atoms with Gasteiger partial charge in [-0.1, -0.05) is 0 Å². The van der Waals surface area contributed by atoms with Gasteiger partial charge in [-0.2, -0.15) is 0 Å².